The Labute approximate surface area is 196 Å². The van der Waals surface area contributed by atoms with Gasteiger partial charge in [0.2, 0.25) is 6.79 Å². The maximum Gasteiger partial charge on any atom is 0.282 e. The van der Waals surface area contributed by atoms with Crippen molar-refractivity contribution in [3.05, 3.63) is 87.6 Å². The molecule has 0 saturated heterocycles. The topological polar surface area (TPSA) is 67.9 Å². The van der Waals surface area contributed by atoms with Crippen LogP contribution in [-0.2, 0) is 9.59 Å². The Morgan fingerprint density at radius 3 is 2.39 bits per heavy atom. The smallest absolute Gasteiger partial charge is 0.282 e. The highest BCUT2D eigenvalue weighted by atomic mass is 35.5. The number of aryl methyl sites for hydroxylation is 3. The standard InChI is InChI=1S/C26H21ClN2O4/c1-14-4-8-19(16(3)10-14)23-24(28-17-6-5-15(2)20(27)11-17)26(31)29(25(23)30)18-7-9-21-22(12-18)33-13-32-21/h4-12,28H,13H2,1-3H3. The first-order valence-corrected chi connectivity index (χ1v) is 10.8. The highest BCUT2D eigenvalue weighted by molar-refractivity contribution is 6.46. The first kappa shape index (κ1) is 21.1. The average Bonchev–Trinajstić information content (AvgIpc) is 3.33. The average molecular weight is 461 g/mol. The van der Waals surface area contributed by atoms with Crippen LogP contribution in [0.5, 0.6) is 11.5 Å². The van der Waals surface area contributed by atoms with Crippen molar-refractivity contribution in [2.75, 3.05) is 17.0 Å². The first-order valence-electron chi connectivity index (χ1n) is 10.5. The molecular weight excluding hydrogens is 440 g/mol. The fourth-order valence-electron chi connectivity index (χ4n) is 4.06. The molecule has 2 aliphatic heterocycles. The zero-order valence-electron chi connectivity index (χ0n) is 18.4. The predicted molar refractivity (Wildman–Crippen MR) is 128 cm³/mol. The quantitative estimate of drug-likeness (QED) is 0.529. The van der Waals surface area contributed by atoms with Gasteiger partial charge in [-0.3, -0.25) is 9.59 Å². The zero-order chi connectivity index (χ0) is 23.3. The lowest BCUT2D eigenvalue weighted by Gasteiger charge is -2.16. The van der Waals surface area contributed by atoms with Crippen molar-refractivity contribution in [3.63, 3.8) is 0 Å². The van der Waals surface area contributed by atoms with Gasteiger partial charge in [-0.1, -0.05) is 41.4 Å². The van der Waals surface area contributed by atoms with Crippen molar-refractivity contribution in [3.8, 4) is 11.5 Å². The third-order valence-electron chi connectivity index (χ3n) is 5.79. The Balaban J connectivity index is 1.63. The van der Waals surface area contributed by atoms with E-state index in [-0.39, 0.29) is 12.5 Å². The lowest BCUT2D eigenvalue weighted by atomic mass is 9.97. The molecular formula is C26H21ClN2O4. The molecule has 2 amide bonds. The predicted octanol–water partition coefficient (Wildman–Crippen LogP) is 5.39. The molecule has 166 valence electrons. The Morgan fingerprint density at radius 1 is 0.848 bits per heavy atom. The largest absolute Gasteiger partial charge is 0.454 e. The molecule has 6 nitrogen and oxygen atoms in total. The van der Waals surface area contributed by atoms with E-state index in [9.17, 15) is 9.59 Å². The number of anilines is 2. The van der Waals surface area contributed by atoms with Gasteiger partial charge >= 0.3 is 0 Å². The second kappa shape index (κ2) is 7.98. The fourth-order valence-corrected chi connectivity index (χ4v) is 4.24. The van der Waals surface area contributed by atoms with Crippen molar-refractivity contribution in [1.29, 1.82) is 0 Å². The molecule has 2 heterocycles. The number of hydrogen-bond acceptors (Lipinski definition) is 5. The molecule has 0 spiro atoms. The molecule has 33 heavy (non-hydrogen) atoms. The second-order valence-corrected chi connectivity index (χ2v) is 8.55. The Kier molecular flexibility index (Phi) is 5.10. The van der Waals surface area contributed by atoms with Gasteiger partial charge in [0.05, 0.1) is 11.3 Å². The summed E-state index contributed by atoms with van der Waals surface area (Å²) >= 11 is 6.29. The number of nitrogens with one attached hydrogen (secondary N) is 1. The lowest BCUT2D eigenvalue weighted by molar-refractivity contribution is -0.120. The van der Waals surface area contributed by atoms with E-state index in [4.69, 9.17) is 21.1 Å². The highest BCUT2D eigenvalue weighted by Crippen LogP contribution is 2.40. The lowest BCUT2D eigenvalue weighted by Crippen LogP contribution is -2.32. The summed E-state index contributed by atoms with van der Waals surface area (Å²) in [4.78, 5) is 28.5. The van der Waals surface area contributed by atoms with E-state index in [0.29, 0.717) is 39.0 Å². The number of imide groups is 1. The molecule has 0 fully saturated rings. The van der Waals surface area contributed by atoms with Gasteiger partial charge in [0.25, 0.3) is 11.8 Å². The second-order valence-electron chi connectivity index (χ2n) is 8.14. The molecule has 3 aromatic rings. The van der Waals surface area contributed by atoms with E-state index in [1.807, 2.05) is 51.1 Å². The third kappa shape index (κ3) is 3.62. The zero-order valence-corrected chi connectivity index (χ0v) is 19.1. The summed E-state index contributed by atoms with van der Waals surface area (Å²) in [7, 11) is 0. The fraction of sp³-hybridized carbons (Fsp3) is 0.154. The number of fused-ring (bicyclic) bond motifs is 1. The van der Waals surface area contributed by atoms with Gasteiger partial charge in [0.1, 0.15) is 5.70 Å². The van der Waals surface area contributed by atoms with Crippen LogP contribution in [0, 0.1) is 20.8 Å². The number of rotatable bonds is 4. The normalized spacial score (nSPS) is 15.0. The maximum absolute atomic E-state index is 13.7. The number of carbonyl (C=O) groups is 2. The molecule has 2 aliphatic rings. The Bertz CT molecular complexity index is 1360. The maximum atomic E-state index is 13.7. The van der Waals surface area contributed by atoms with Gasteiger partial charge in [-0.15, -0.1) is 0 Å². The van der Waals surface area contributed by atoms with Crippen molar-refractivity contribution in [1.82, 2.24) is 0 Å². The molecule has 0 bridgehead atoms. The van der Waals surface area contributed by atoms with Crippen LogP contribution in [-0.4, -0.2) is 18.6 Å². The number of hydrogen-bond donors (Lipinski definition) is 1. The number of nitrogens with zero attached hydrogens (tertiary/aromatic N) is 1. The van der Waals surface area contributed by atoms with Gasteiger partial charge in [0, 0.05) is 16.8 Å². The van der Waals surface area contributed by atoms with Crippen LogP contribution < -0.4 is 19.7 Å². The number of benzene rings is 3. The molecule has 0 aromatic heterocycles. The summed E-state index contributed by atoms with van der Waals surface area (Å²) in [5.41, 5.74) is 5.13. The summed E-state index contributed by atoms with van der Waals surface area (Å²) in [6, 6.07) is 16.2. The minimum absolute atomic E-state index is 0.105. The molecule has 0 saturated carbocycles. The summed E-state index contributed by atoms with van der Waals surface area (Å²) in [5, 5.41) is 3.73. The van der Waals surface area contributed by atoms with E-state index < -0.39 is 11.8 Å². The monoisotopic (exact) mass is 460 g/mol. The van der Waals surface area contributed by atoms with Crippen LogP contribution in [0.3, 0.4) is 0 Å². The van der Waals surface area contributed by atoms with E-state index in [1.165, 1.54) is 0 Å². The van der Waals surface area contributed by atoms with Crippen molar-refractivity contribution >= 4 is 40.4 Å². The van der Waals surface area contributed by atoms with Crippen LogP contribution in [0.15, 0.2) is 60.3 Å². The van der Waals surface area contributed by atoms with Gasteiger partial charge < -0.3 is 14.8 Å². The van der Waals surface area contributed by atoms with Crippen LogP contribution in [0.4, 0.5) is 11.4 Å². The van der Waals surface area contributed by atoms with Crippen LogP contribution in [0.2, 0.25) is 5.02 Å². The minimum Gasteiger partial charge on any atom is -0.454 e. The van der Waals surface area contributed by atoms with Crippen LogP contribution in [0.25, 0.3) is 5.57 Å². The van der Waals surface area contributed by atoms with Gasteiger partial charge in [-0.05, 0) is 61.7 Å². The number of halogens is 1. The van der Waals surface area contributed by atoms with E-state index in [2.05, 4.69) is 5.32 Å². The number of carbonyl (C=O) groups excluding carboxylic acids is 2. The SMILES string of the molecule is Cc1ccc(C2=C(Nc3ccc(C)c(Cl)c3)C(=O)N(c3ccc4c(c3)OCO4)C2=O)c(C)c1. The number of amides is 2. The molecule has 1 N–H and O–H groups in total. The molecule has 0 unspecified atom stereocenters. The molecule has 0 atom stereocenters. The summed E-state index contributed by atoms with van der Waals surface area (Å²) in [6.45, 7) is 5.92. The van der Waals surface area contributed by atoms with Crippen LogP contribution >= 0.6 is 11.6 Å². The van der Waals surface area contributed by atoms with Crippen molar-refractivity contribution in [2.24, 2.45) is 0 Å². The van der Waals surface area contributed by atoms with Crippen LogP contribution in [0.1, 0.15) is 22.3 Å². The minimum atomic E-state index is -0.453. The Morgan fingerprint density at radius 2 is 1.64 bits per heavy atom. The first-order chi connectivity index (χ1) is 15.8. The summed E-state index contributed by atoms with van der Waals surface area (Å²) in [5.74, 6) is 0.206. The Hall–Kier alpha value is -3.77. The van der Waals surface area contributed by atoms with Gasteiger partial charge in [-0.25, -0.2) is 4.90 Å². The van der Waals surface area contributed by atoms with Gasteiger partial charge in [0.15, 0.2) is 11.5 Å². The van der Waals surface area contributed by atoms with Gasteiger partial charge in [-0.2, -0.15) is 0 Å². The van der Waals surface area contributed by atoms with Crippen molar-refractivity contribution < 1.29 is 19.1 Å². The molecule has 0 radical (unpaired) electrons. The number of ether oxygens (including phenoxy) is 2. The molecule has 5 rings (SSSR count). The summed E-state index contributed by atoms with van der Waals surface area (Å²) in [6.07, 6.45) is 0. The third-order valence-corrected chi connectivity index (χ3v) is 6.20. The van der Waals surface area contributed by atoms with Crippen molar-refractivity contribution in [2.45, 2.75) is 20.8 Å². The highest BCUT2D eigenvalue weighted by Gasteiger charge is 2.41. The molecule has 7 heteroatoms. The van der Waals surface area contributed by atoms with E-state index in [0.717, 1.165) is 21.6 Å². The molecule has 3 aromatic carbocycles. The summed E-state index contributed by atoms with van der Waals surface area (Å²) < 4.78 is 10.8. The van der Waals surface area contributed by atoms with E-state index >= 15 is 0 Å². The van der Waals surface area contributed by atoms with E-state index in [1.54, 1.807) is 24.3 Å². The molecule has 0 aliphatic carbocycles.